The molecular formula is C29H35F6N3O7. The van der Waals surface area contributed by atoms with Gasteiger partial charge >= 0.3 is 24.3 Å². The third-order valence-electron chi connectivity index (χ3n) is 7.02. The van der Waals surface area contributed by atoms with Crippen molar-refractivity contribution in [2.45, 2.75) is 51.2 Å². The van der Waals surface area contributed by atoms with Crippen molar-refractivity contribution in [3.05, 3.63) is 59.9 Å². The van der Waals surface area contributed by atoms with Gasteiger partial charge in [0.2, 0.25) is 0 Å². The number of ether oxygens (including phenoxy) is 2. The number of carboxylic acid groups (broad SMARTS) is 2. The van der Waals surface area contributed by atoms with Crippen LogP contribution in [0.1, 0.15) is 30.4 Å². The molecule has 2 aromatic rings. The van der Waals surface area contributed by atoms with Gasteiger partial charge in [-0.15, -0.1) is 0 Å². The molecule has 1 spiro atoms. The van der Waals surface area contributed by atoms with E-state index in [1.807, 2.05) is 48.4 Å². The Bertz CT molecular complexity index is 1210. The molecule has 250 valence electrons. The van der Waals surface area contributed by atoms with E-state index in [9.17, 15) is 31.1 Å². The number of carbonyl (C=O) groups is 3. The Morgan fingerprint density at radius 2 is 1.58 bits per heavy atom. The Morgan fingerprint density at radius 1 is 1.02 bits per heavy atom. The zero-order chi connectivity index (χ0) is 33.8. The van der Waals surface area contributed by atoms with Gasteiger partial charge in [0.05, 0.1) is 12.7 Å². The number of amides is 1. The van der Waals surface area contributed by atoms with E-state index in [4.69, 9.17) is 29.3 Å². The predicted octanol–water partition coefficient (Wildman–Crippen LogP) is 4.57. The number of carbonyl (C=O) groups excluding carboxylic acids is 1. The van der Waals surface area contributed by atoms with E-state index in [1.165, 1.54) is 11.1 Å². The fraction of sp³-hybridized carbons (Fsp3) is 0.517. The number of nitrogens with zero attached hydrogens (tertiary/aromatic N) is 3. The van der Waals surface area contributed by atoms with Gasteiger partial charge in [0.1, 0.15) is 5.75 Å². The zero-order valence-electron chi connectivity index (χ0n) is 24.6. The first-order valence-corrected chi connectivity index (χ1v) is 13.7. The number of hydrogen-bond acceptors (Lipinski definition) is 7. The van der Waals surface area contributed by atoms with Crippen LogP contribution < -0.4 is 4.74 Å². The van der Waals surface area contributed by atoms with Crippen LogP contribution in [-0.4, -0.2) is 101 Å². The second-order valence-corrected chi connectivity index (χ2v) is 10.8. The number of benzene rings is 1. The first kappa shape index (κ1) is 37.3. The normalized spacial score (nSPS) is 17.5. The van der Waals surface area contributed by atoms with Crippen molar-refractivity contribution in [1.29, 1.82) is 0 Å². The number of likely N-dealkylation sites (N-methyl/N-ethyl adjacent to an activating group) is 1. The monoisotopic (exact) mass is 651 g/mol. The SMILES string of the molecule is Cc1ccc(OCC(=O)N2CCC3(CC2)COC(CN(C)Cc2cccnc2)C3)cc1.O=C(O)C(F)(F)F.O=C(O)C(F)(F)F. The molecule has 1 amide bonds. The molecule has 16 heteroatoms. The highest BCUT2D eigenvalue weighted by Crippen LogP contribution is 2.42. The van der Waals surface area contributed by atoms with Gasteiger partial charge < -0.3 is 24.6 Å². The molecule has 0 radical (unpaired) electrons. The van der Waals surface area contributed by atoms with E-state index >= 15 is 0 Å². The second-order valence-electron chi connectivity index (χ2n) is 10.8. The highest BCUT2D eigenvalue weighted by atomic mass is 19.4. The van der Waals surface area contributed by atoms with Crippen molar-refractivity contribution in [2.24, 2.45) is 5.41 Å². The topological polar surface area (TPSA) is 130 Å². The minimum absolute atomic E-state index is 0.0714. The minimum Gasteiger partial charge on any atom is -0.484 e. The number of pyridine rings is 1. The Balaban J connectivity index is 0.000000421. The lowest BCUT2D eigenvalue weighted by atomic mass is 9.76. The average molecular weight is 652 g/mol. The summed E-state index contributed by atoms with van der Waals surface area (Å²) in [6.45, 7) is 6.33. The third kappa shape index (κ3) is 13.3. The van der Waals surface area contributed by atoms with Crippen LogP contribution in [0.5, 0.6) is 5.75 Å². The number of hydrogen-bond donors (Lipinski definition) is 2. The number of rotatable bonds is 7. The summed E-state index contributed by atoms with van der Waals surface area (Å²) in [5, 5.41) is 14.2. The number of aromatic nitrogens is 1. The molecule has 2 aliphatic rings. The van der Waals surface area contributed by atoms with E-state index in [0.717, 1.165) is 57.8 Å². The number of aryl methyl sites for hydroxylation is 1. The zero-order valence-corrected chi connectivity index (χ0v) is 24.6. The van der Waals surface area contributed by atoms with Gasteiger partial charge in [0.25, 0.3) is 5.91 Å². The first-order chi connectivity index (χ1) is 20.9. The predicted molar refractivity (Wildman–Crippen MR) is 147 cm³/mol. The summed E-state index contributed by atoms with van der Waals surface area (Å²) in [5.74, 6) is -4.70. The van der Waals surface area contributed by atoms with Gasteiger partial charge in [0.15, 0.2) is 6.61 Å². The molecule has 45 heavy (non-hydrogen) atoms. The fourth-order valence-corrected chi connectivity index (χ4v) is 4.68. The molecule has 1 aromatic carbocycles. The van der Waals surface area contributed by atoms with Crippen LogP contribution in [0.2, 0.25) is 0 Å². The van der Waals surface area contributed by atoms with Crippen LogP contribution in [0.25, 0.3) is 0 Å². The number of carboxylic acids is 2. The molecule has 2 fully saturated rings. The second kappa shape index (κ2) is 16.4. The summed E-state index contributed by atoms with van der Waals surface area (Å²) < 4.78 is 75.3. The largest absolute Gasteiger partial charge is 0.490 e. The van der Waals surface area contributed by atoms with Crippen LogP contribution in [-0.2, 0) is 25.7 Å². The first-order valence-electron chi connectivity index (χ1n) is 13.7. The molecule has 3 heterocycles. The average Bonchev–Trinajstić information content (AvgIpc) is 3.34. The van der Waals surface area contributed by atoms with Crippen LogP contribution in [0.3, 0.4) is 0 Å². The molecule has 2 N–H and O–H groups in total. The van der Waals surface area contributed by atoms with Crippen molar-refractivity contribution in [3.8, 4) is 5.75 Å². The number of piperidine rings is 1. The Kier molecular flexibility index (Phi) is 13.6. The lowest BCUT2D eigenvalue weighted by Gasteiger charge is -2.38. The maximum absolute atomic E-state index is 12.6. The number of likely N-dealkylation sites (tertiary alicyclic amines) is 1. The van der Waals surface area contributed by atoms with Crippen LogP contribution in [0.15, 0.2) is 48.8 Å². The Hall–Kier alpha value is -3.92. The van der Waals surface area contributed by atoms with Gasteiger partial charge in [-0.3, -0.25) is 14.7 Å². The number of halogens is 6. The van der Waals surface area contributed by atoms with E-state index in [1.54, 1.807) is 6.20 Å². The minimum atomic E-state index is -5.08. The highest BCUT2D eigenvalue weighted by molar-refractivity contribution is 5.78. The molecule has 0 bridgehead atoms. The van der Waals surface area contributed by atoms with Crippen molar-refractivity contribution in [1.82, 2.24) is 14.8 Å². The molecular weight excluding hydrogens is 616 g/mol. The fourth-order valence-electron chi connectivity index (χ4n) is 4.68. The quantitative estimate of drug-likeness (QED) is 0.414. The van der Waals surface area contributed by atoms with Gasteiger partial charge in [0, 0.05) is 38.6 Å². The van der Waals surface area contributed by atoms with Crippen molar-refractivity contribution >= 4 is 17.8 Å². The Labute approximate surface area is 255 Å². The Morgan fingerprint density at radius 3 is 2.07 bits per heavy atom. The lowest BCUT2D eigenvalue weighted by molar-refractivity contribution is -0.193. The van der Waals surface area contributed by atoms with E-state index in [-0.39, 0.29) is 24.0 Å². The third-order valence-corrected chi connectivity index (χ3v) is 7.02. The number of alkyl halides is 6. The summed E-state index contributed by atoms with van der Waals surface area (Å²) >= 11 is 0. The summed E-state index contributed by atoms with van der Waals surface area (Å²) in [7, 11) is 2.14. The van der Waals surface area contributed by atoms with Gasteiger partial charge in [-0.2, -0.15) is 26.3 Å². The highest BCUT2D eigenvalue weighted by Gasteiger charge is 2.43. The van der Waals surface area contributed by atoms with E-state index in [0.29, 0.717) is 0 Å². The molecule has 4 rings (SSSR count). The standard InChI is InChI=1S/C25H33N3O3.2C2HF3O2/c1-20-5-7-22(8-6-20)30-18-24(29)28-12-9-25(10-13-28)14-23(31-19-25)17-27(2)16-21-4-3-11-26-15-21;2*3-2(4,5)1(6)7/h3-8,11,15,23H,9-10,12-14,16-19H2,1-2H3;2*(H,6,7). The molecule has 1 aromatic heterocycles. The van der Waals surface area contributed by atoms with E-state index < -0.39 is 24.3 Å². The maximum atomic E-state index is 12.6. The van der Waals surface area contributed by atoms with Crippen LogP contribution in [0.4, 0.5) is 26.3 Å². The summed E-state index contributed by atoms with van der Waals surface area (Å²) in [6, 6.07) is 11.9. The molecule has 2 aliphatic heterocycles. The summed E-state index contributed by atoms with van der Waals surface area (Å²) in [4.78, 5) is 38.8. The van der Waals surface area contributed by atoms with Gasteiger partial charge in [-0.1, -0.05) is 23.8 Å². The molecule has 2 saturated heterocycles. The summed E-state index contributed by atoms with van der Waals surface area (Å²) in [6.07, 6.45) is -3.10. The van der Waals surface area contributed by atoms with Crippen LogP contribution >= 0.6 is 0 Å². The molecule has 1 unspecified atom stereocenters. The summed E-state index contributed by atoms with van der Waals surface area (Å²) in [5.41, 5.74) is 2.62. The molecule has 0 saturated carbocycles. The van der Waals surface area contributed by atoms with Crippen molar-refractivity contribution < 1.29 is 60.4 Å². The lowest BCUT2D eigenvalue weighted by Crippen LogP contribution is -2.45. The van der Waals surface area contributed by atoms with Crippen molar-refractivity contribution in [2.75, 3.05) is 39.9 Å². The number of aliphatic carboxylic acids is 2. The van der Waals surface area contributed by atoms with Crippen molar-refractivity contribution in [3.63, 3.8) is 0 Å². The van der Waals surface area contributed by atoms with Crippen LogP contribution in [0, 0.1) is 12.3 Å². The maximum Gasteiger partial charge on any atom is 0.490 e. The van der Waals surface area contributed by atoms with Gasteiger partial charge in [-0.05, 0) is 62.4 Å². The van der Waals surface area contributed by atoms with Gasteiger partial charge in [-0.25, -0.2) is 9.59 Å². The molecule has 0 aliphatic carbocycles. The van der Waals surface area contributed by atoms with E-state index in [2.05, 4.69) is 23.0 Å². The smallest absolute Gasteiger partial charge is 0.484 e. The molecule has 1 atom stereocenters. The molecule has 10 nitrogen and oxygen atoms in total.